The molecule has 0 bridgehead atoms. The number of amides is 1. The van der Waals surface area contributed by atoms with Crippen molar-refractivity contribution in [3.8, 4) is 5.75 Å². The number of benzene rings is 2. The predicted octanol–water partition coefficient (Wildman–Crippen LogP) is 3.46. The first kappa shape index (κ1) is 19.4. The third-order valence-electron chi connectivity index (χ3n) is 4.30. The van der Waals surface area contributed by atoms with E-state index in [0.717, 1.165) is 30.7 Å². The summed E-state index contributed by atoms with van der Waals surface area (Å²) in [5.41, 5.74) is 2.60. The van der Waals surface area contributed by atoms with Crippen LogP contribution in [0.2, 0.25) is 0 Å². The molecule has 0 unspecified atom stereocenters. The van der Waals surface area contributed by atoms with Gasteiger partial charge in [0.15, 0.2) is 5.69 Å². The molecule has 0 radical (unpaired) electrons. The van der Waals surface area contributed by atoms with Gasteiger partial charge in [-0.3, -0.25) is 4.79 Å². The summed E-state index contributed by atoms with van der Waals surface area (Å²) >= 11 is 0. The zero-order valence-electron chi connectivity index (χ0n) is 15.9. The Balaban J connectivity index is 1.41. The Bertz CT molecular complexity index is 865. The van der Waals surface area contributed by atoms with Crippen molar-refractivity contribution in [2.24, 2.45) is 0 Å². The van der Waals surface area contributed by atoms with Gasteiger partial charge in [-0.15, -0.1) is 10.2 Å². The predicted molar refractivity (Wildman–Crippen MR) is 109 cm³/mol. The summed E-state index contributed by atoms with van der Waals surface area (Å²) in [6.07, 6.45) is 2.00. The van der Waals surface area contributed by atoms with Crippen molar-refractivity contribution in [3.63, 3.8) is 0 Å². The minimum Gasteiger partial charge on any atom is -0.497 e. The molecule has 6 nitrogen and oxygen atoms in total. The second kappa shape index (κ2) is 10.1. The molecule has 6 heteroatoms. The van der Waals surface area contributed by atoms with Crippen LogP contribution >= 0.6 is 0 Å². The van der Waals surface area contributed by atoms with Gasteiger partial charge >= 0.3 is 0 Å². The average molecular weight is 376 g/mol. The van der Waals surface area contributed by atoms with Crippen LogP contribution in [0.25, 0.3) is 0 Å². The number of hydrogen-bond acceptors (Lipinski definition) is 5. The smallest absolute Gasteiger partial charge is 0.272 e. The van der Waals surface area contributed by atoms with E-state index in [4.69, 9.17) is 4.74 Å². The van der Waals surface area contributed by atoms with E-state index in [1.54, 1.807) is 19.2 Å². The first-order valence-electron chi connectivity index (χ1n) is 9.27. The highest BCUT2D eigenvalue weighted by atomic mass is 16.5. The van der Waals surface area contributed by atoms with Crippen molar-refractivity contribution >= 4 is 11.7 Å². The molecule has 0 aliphatic rings. The van der Waals surface area contributed by atoms with Crippen LogP contribution < -0.4 is 15.4 Å². The van der Waals surface area contributed by atoms with Gasteiger partial charge in [0.1, 0.15) is 11.6 Å². The summed E-state index contributed by atoms with van der Waals surface area (Å²) in [6, 6.07) is 21.4. The number of hydrogen-bond donors (Lipinski definition) is 2. The van der Waals surface area contributed by atoms with Crippen LogP contribution in [0.15, 0.2) is 66.7 Å². The minimum absolute atomic E-state index is 0.251. The highest BCUT2D eigenvalue weighted by molar-refractivity contribution is 5.92. The molecule has 2 N–H and O–H groups in total. The third kappa shape index (κ3) is 5.81. The number of anilines is 1. The number of ether oxygens (including phenoxy) is 1. The summed E-state index contributed by atoms with van der Waals surface area (Å²) < 4.78 is 5.12. The second-order valence-electron chi connectivity index (χ2n) is 6.35. The van der Waals surface area contributed by atoms with E-state index in [1.165, 1.54) is 5.56 Å². The molecule has 1 aromatic heterocycles. The van der Waals surface area contributed by atoms with E-state index in [-0.39, 0.29) is 5.91 Å². The number of carbonyl (C=O) groups is 1. The maximum atomic E-state index is 12.2. The maximum Gasteiger partial charge on any atom is 0.272 e. The van der Waals surface area contributed by atoms with Gasteiger partial charge in [-0.25, -0.2) is 0 Å². The fourth-order valence-electron chi connectivity index (χ4n) is 2.72. The summed E-state index contributed by atoms with van der Waals surface area (Å²) in [6.45, 7) is 1.22. The normalized spacial score (nSPS) is 10.3. The molecule has 0 atom stereocenters. The molecule has 1 amide bonds. The maximum absolute atomic E-state index is 12.2. The monoisotopic (exact) mass is 376 g/mol. The number of methoxy groups -OCH3 is 1. The van der Waals surface area contributed by atoms with Crippen LogP contribution in [0, 0.1) is 0 Å². The molecule has 3 rings (SSSR count). The summed E-state index contributed by atoms with van der Waals surface area (Å²) in [5.74, 6) is 1.20. The topological polar surface area (TPSA) is 76.1 Å². The van der Waals surface area contributed by atoms with Crippen LogP contribution in [0.3, 0.4) is 0 Å². The molecule has 0 aliphatic heterocycles. The lowest BCUT2D eigenvalue weighted by atomic mass is 10.1. The molecular weight excluding hydrogens is 352 g/mol. The molecule has 0 aliphatic carbocycles. The molecular formula is C22H24N4O2. The van der Waals surface area contributed by atoms with Crippen molar-refractivity contribution in [1.29, 1.82) is 0 Å². The van der Waals surface area contributed by atoms with E-state index >= 15 is 0 Å². The molecule has 144 valence electrons. The number of carbonyl (C=O) groups excluding carboxylic acids is 1. The van der Waals surface area contributed by atoms with Gasteiger partial charge in [-0.2, -0.15) is 0 Å². The molecule has 0 spiro atoms. The summed E-state index contributed by atoms with van der Waals surface area (Å²) in [7, 11) is 1.62. The van der Waals surface area contributed by atoms with E-state index in [9.17, 15) is 4.79 Å². The van der Waals surface area contributed by atoms with Gasteiger partial charge in [-0.1, -0.05) is 42.5 Å². The largest absolute Gasteiger partial charge is 0.497 e. The lowest BCUT2D eigenvalue weighted by Crippen LogP contribution is -2.24. The van der Waals surface area contributed by atoms with Crippen LogP contribution in [0.5, 0.6) is 5.75 Å². The fourth-order valence-corrected chi connectivity index (χ4v) is 2.72. The van der Waals surface area contributed by atoms with Crippen LogP contribution in [-0.2, 0) is 13.0 Å². The Morgan fingerprint density at radius 3 is 2.39 bits per heavy atom. The van der Waals surface area contributed by atoms with Crippen LogP contribution in [-0.4, -0.2) is 29.8 Å². The molecule has 1 heterocycles. The first-order chi connectivity index (χ1) is 13.7. The Kier molecular flexibility index (Phi) is 6.95. The lowest BCUT2D eigenvalue weighted by Gasteiger charge is -2.07. The van der Waals surface area contributed by atoms with Gasteiger partial charge in [0.05, 0.1) is 7.11 Å². The number of nitrogens with zero attached hydrogens (tertiary/aromatic N) is 2. The third-order valence-corrected chi connectivity index (χ3v) is 4.30. The van der Waals surface area contributed by atoms with Gasteiger partial charge in [0.25, 0.3) is 5.91 Å². The Hall–Kier alpha value is -3.41. The SMILES string of the molecule is COc1ccc(CNC(=O)c2ccc(NCCCc3ccccc3)nn2)cc1. The average Bonchev–Trinajstić information content (AvgIpc) is 2.76. The Morgan fingerprint density at radius 2 is 1.71 bits per heavy atom. The standard InChI is InChI=1S/C22H24N4O2/c1-28-19-11-9-18(10-12-19)16-24-22(27)20-13-14-21(26-25-20)23-15-5-8-17-6-3-2-4-7-17/h2-4,6-7,9-14H,5,8,15-16H2,1H3,(H,23,26)(H,24,27). The summed E-state index contributed by atoms with van der Waals surface area (Å²) in [4.78, 5) is 12.2. The van der Waals surface area contributed by atoms with Crippen molar-refractivity contribution in [3.05, 3.63) is 83.6 Å². The van der Waals surface area contributed by atoms with Gasteiger partial charge < -0.3 is 15.4 Å². The quantitative estimate of drug-likeness (QED) is 0.559. The molecule has 0 fully saturated rings. The van der Waals surface area contributed by atoms with E-state index in [0.29, 0.717) is 18.1 Å². The molecule has 0 saturated carbocycles. The molecule has 2 aromatic carbocycles. The molecule has 3 aromatic rings. The zero-order chi connectivity index (χ0) is 19.6. The van der Waals surface area contributed by atoms with E-state index < -0.39 is 0 Å². The van der Waals surface area contributed by atoms with Crippen LogP contribution in [0.1, 0.15) is 28.0 Å². The van der Waals surface area contributed by atoms with Crippen molar-refractivity contribution in [2.45, 2.75) is 19.4 Å². The van der Waals surface area contributed by atoms with Crippen LogP contribution in [0.4, 0.5) is 5.82 Å². The summed E-state index contributed by atoms with van der Waals surface area (Å²) in [5, 5.41) is 14.2. The number of aromatic nitrogens is 2. The van der Waals surface area contributed by atoms with E-state index in [1.807, 2.05) is 42.5 Å². The molecule has 0 saturated heterocycles. The zero-order valence-corrected chi connectivity index (χ0v) is 15.9. The van der Waals surface area contributed by atoms with Crippen molar-refractivity contribution in [2.75, 3.05) is 19.0 Å². The second-order valence-corrected chi connectivity index (χ2v) is 6.35. The van der Waals surface area contributed by atoms with Crippen molar-refractivity contribution in [1.82, 2.24) is 15.5 Å². The minimum atomic E-state index is -0.251. The van der Waals surface area contributed by atoms with Gasteiger partial charge in [0, 0.05) is 13.1 Å². The highest BCUT2D eigenvalue weighted by Gasteiger charge is 2.08. The van der Waals surface area contributed by atoms with Gasteiger partial charge in [0.2, 0.25) is 0 Å². The number of rotatable bonds is 9. The number of nitrogens with one attached hydrogen (secondary N) is 2. The van der Waals surface area contributed by atoms with Crippen molar-refractivity contribution < 1.29 is 9.53 Å². The first-order valence-corrected chi connectivity index (χ1v) is 9.27. The Labute approximate surface area is 165 Å². The fraction of sp³-hybridized carbons (Fsp3) is 0.227. The highest BCUT2D eigenvalue weighted by Crippen LogP contribution is 2.11. The van der Waals surface area contributed by atoms with Gasteiger partial charge in [-0.05, 0) is 48.2 Å². The number of aryl methyl sites for hydroxylation is 1. The Morgan fingerprint density at radius 1 is 0.929 bits per heavy atom. The molecule has 28 heavy (non-hydrogen) atoms. The lowest BCUT2D eigenvalue weighted by molar-refractivity contribution is 0.0945. The van der Waals surface area contributed by atoms with E-state index in [2.05, 4.69) is 33.0 Å².